The van der Waals surface area contributed by atoms with Crippen LogP contribution in [0.15, 0.2) is 172 Å². The van der Waals surface area contributed by atoms with Gasteiger partial charge in [0.1, 0.15) is 34.6 Å². The third kappa shape index (κ3) is 10.1. The Balaban J connectivity index is 0.00000541. The molecule has 0 unspecified atom stereocenters. The standard InChI is InChI=1S/C38H37N6OPS2.Cu/c1-39-37(47)43-41-35(30-17-7-2-8-18-30)36(31-19-9-3-10-20-31)42-44-38(48)40-27-28-45-29-46(32-21-11-4-12-22-32,33-23-13-5-14-24-33)34-25-15-6-16-26-34;/h2-26H,27-29H2,1H3,(H3-,39,40,41,42,43,44,47,48);/q;+2/p-1. The zero-order valence-corrected chi connectivity index (χ0v) is 30.3. The molecular formula is C38H36CuN6OPS2+. The first-order valence-electron chi connectivity index (χ1n) is 15.4. The van der Waals surface area contributed by atoms with Crippen molar-refractivity contribution in [1.82, 2.24) is 10.6 Å². The van der Waals surface area contributed by atoms with Crippen LogP contribution in [-0.4, -0.2) is 48.3 Å². The van der Waals surface area contributed by atoms with E-state index in [1.54, 1.807) is 7.05 Å². The molecule has 0 amide bonds. The molecule has 0 aliphatic heterocycles. The molecule has 0 spiro atoms. The molecule has 7 nitrogen and oxygen atoms in total. The van der Waals surface area contributed by atoms with Gasteiger partial charge in [0.2, 0.25) is 0 Å². The number of benzene rings is 5. The van der Waals surface area contributed by atoms with Gasteiger partial charge < -0.3 is 40.6 Å². The quantitative estimate of drug-likeness (QED) is 0.0322. The van der Waals surface area contributed by atoms with Gasteiger partial charge in [-0.25, -0.2) is 0 Å². The third-order valence-electron chi connectivity index (χ3n) is 7.41. The normalized spacial score (nSPS) is 12.6. The van der Waals surface area contributed by atoms with Gasteiger partial charge in [0.25, 0.3) is 0 Å². The minimum absolute atomic E-state index is 0. The molecule has 0 aliphatic carbocycles. The van der Waals surface area contributed by atoms with Gasteiger partial charge in [-0.2, -0.15) is 10.2 Å². The summed E-state index contributed by atoms with van der Waals surface area (Å²) in [5.74, 6) is 0. The molecule has 1 radical (unpaired) electrons. The summed E-state index contributed by atoms with van der Waals surface area (Å²) in [5, 5.41) is 27.9. The molecule has 0 atom stereocenters. The Bertz CT molecular complexity index is 1750. The van der Waals surface area contributed by atoms with E-state index in [1.165, 1.54) is 15.9 Å². The molecule has 2 N–H and O–H groups in total. The maximum absolute atomic E-state index is 6.47. The second kappa shape index (κ2) is 19.7. The van der Waals surface area contributed by atoms with E-state index in [2.05, 4.69) is 122 Å². The van der Waals surface area contributed by atoms with Crippen molar-refractivity contribution in [3.63, 3.8) is 0 Å². The fraction of sp³-hybridized carbons (Fsp3) is 0.105. The van der Waals surface area contributed by atoms with Crippen LogP contribution < -0.4 is 26.5 Å². The number of amidine groups is 2. The van der Waals surface area contributed by atoms with Crippen molar-refractivity contribution in [2.75, 3.05) is 26.5 Å². The predicted octanol–water partition coefficient (Wildman–Crippen LogP) is 5.38. The topological polar surface area (TPSA) is 82.7 Å². The van der Waals surface area contributed by atoms with Gasteiger partial charge in [-0.15, -0.1) is 10.2 Å². The van der Waals surface area contributed by atoms with Crippen LogP contribution >= 0.6 is 7.26 Å². The van der Waals surface area contributed by atoms with Crippen LogP contribution in [0.4, 0.5) is 0 Å². The second-order valence-corrected chi connectivity index (χ2v) is 14.7. The van der Waals surface area contributed by atoms with E-state index in [0.29, 0.717) is 30.9 Å². The van der Waals surface area contributed by atoms with Crippen LogP contribution in [0, 0.1) is 0 Å². The molecule has 0 aliphatic rings. The number of rotatable bonds is 13. The van der Waals surface area contributed by atoms with Crippen molar-refractivity contribution in [1.29, 1.82) is 0 Å². The fourth-order valence-electron chi connectivity index (χ4n) is 5.10. The van der Waals surface area contributed by atoms with Crippen LogP contribution in [0.25, 0.3) is 0 Å². The number of nitrogens with zero attached hydrogens (tertiary/aromatic N) is 4. The molecule has 0 fully saturated rings. The van der Waals surface area contributed by atoms with Crippen LogP contribution in [0.2, 0.25) is 0 Å². The first-order valence-corrected chi connectivity index (χ1v) is 18.2. The smallest absolute Gasteiger partial charge is 0.741 e. The molecule has 5 rings (SSSR count). The average molecular weight is 751 g/mol. The SMILES string of the molecule is CN/C([S-])=N/N=C(/C(=N/N=C(\[S-])NCCOC[P+](c1ccccc1)(c1ccccc1)c1ccccc1)c1ccccc1)c1ccccc1.[Cu+2]. The van der Waals surface area contributed by atoms with Crippen molar-refractivity contribution in [2.45, 2.75) is 0 Å². The molecule has 251 valence electrons. The van der Waals surface area contributed by atoms with Crippen molar-refractivity contribution in [3.05, 3.63) is 163 Å². The average Bonchev–Trinajstić information content (AvgIpc) is 3.16. The number of hydrogen-bond acceptors (Lipinski definition) is 7. The van der Waals surface area contributed by atoms with Gasteiger partial charge in [0.05, 0.1) is 6.61 Å². The van der Waals surface area contributed by atoms with E-state index in [1.807, 2.05) is 60.7 Å². The van der Waals surface area contributed by atoms with E-state index in [9.17, 15) is 0 Å². The monoisotopic (exact) mass is 750 g/mol. The largest absolute Gasteiger partial charge is 2.00 e. The van der Waals surface area contributed by atoms with Crippen molar-refractivity contribution in [2.24, 2.45) is 20.4 Å². The summed E-state index contributed by atoms with van der Waals surface area (Å²) in [6.45, 7) is 0.887. The summed E-state index contributed by atoms with van der Waals surface area (Å²) in [7, 11) is -0.398. The van der Waals surface area contributed by atoms with E-state index in [4.69, 9.17) is 30.0 Å². The first-order chi connectivity index (χ1) is 23.6. The Morgan fingerprint density at radius 1 is 0.551 bits per heavy atom. The summed E-state index contributed by atoms with van der Waals surface area (Å²) in [6.07, 6.45) is 0.543. The van der Waals surface area contributed by atoms with Crippen LogP contribution in [0.3, 0.4) is 0 Å². The second-order valence-electron chi connectivity index (χ2n) is 10.5. The first kappa shape index (κ1) is 37.5. The van der Waals surface area contributed by atoms with E-state index >= 15 is 0 Å². The Labute approximate surface area is 310 Å². The minimum Gasteiger partial charge on any atom is -0.741 e. The summed E-state index contributed by atoms with van der Waals surface area (Å²) in [5.41, 5.74) is 2.64. The molecule has 0 saturated carbocycles. The molecule has 49 heavy (non-hydrogen) atoms. The van der Waals surface area contributed by atoms with E-state index < -0.39 is 7.26 Å². The number of hydrogen-bond donors (Lipinski definition) is 2. The van der Waals surface area contributed by atoms with Crippen LogP contribution in [0.1, 0.15) is 11.1 Å². The third-order valence-corrected chi connectivity index (χ3v) is 12.0. The molecule has 11 heteroatoms. The number of ether oxygens (including phenoxy) is 1. The Hall–Kier alpha value is -4.27. The molecular weight excluding hydrogens is 715 g/mol. The fourth-order valence-corrected chi connectivity index (χ4v) is 9.07. The Kier molecular flexibility index (Phi) is 15.1. The molecule has 5 aromatic rings. The summed E-state index contributed by atoms with van der Waals surface area (Å²) in [4.78, 5) is 0. The van der Waals surface area contributed by atoms with Gasteiger partial charge in [-0.1, -0.05) is 115 Å². The predicted molar refractivity (Wildman–Crippen MR) is 209 cm³/mol. The van der Waals surface area contributed by atoms with Gasteiger partial charge in [-0.05, 0) is 46.7 Å². The molecule has 0 bridgehead atoms. The molecule has 0 saturated heterocycles. The number of nitrogens with one attached hydrogen (secondary N) is 2. The summed E-state index contributed by atoms with van der Waals surface area (Å²) < 4.78 is 6.47. The van der Waals surface area contributed by atoms with Crippen molar-refractivity contribution in [3.8, 4) is 0 Å². The summed E-state index contributed by atoms with van der Waals surface area (Å²) >= 11 is 10.8. The Morgan fingerprint density at radius 2 is 0.918 bits per heavy atom. The van der Waals surface area contributed by atoms with Crippen LogP contribution in [-0.2, 0) is 47.1 Å². The zero-order chi connectivity index (χ0) is 33.4. The van der Waals surface area contributed by atoms with E-state index in [-0.39, 0.29) is 27.4 Å². The molecule has 0 aromatic heterocycles. The van der Waals surface area contributed by atoms with Crippen molar-refractivity contribution >= 4 is 70.2 Å². The maximum Gasteiger partial charge on any atom is 2.00 e. The van der Waals surface area contributed by atoms with Crippen molar-refractivity contribution < 1.29 is 21.8 Å². The van der Waals surface area contributed by atoms with Gasteiger partial charge in [0.15, 0.2) is 6.35 Å². The zero-order valence-electron chi connectivity index (χ0n) is 26.8. The van der Waals surface area contributed by atoms with Gasteiger partial charge >= 0.3 is 17.1 Å². The van der Waals surface area contributed by atoms with Gasteiger partial charge in [0, 0.05) is 24.7 Å². The summed E-state index contributed by atoms with van der Waals surface area (Å²) in [6, 6.07) is 51.3. The minimum atomic E-state index is -2.10. The van der Waals surface area contributed by atoms with Gasteiger partial charge in [-0.3, -0.25) is 0 Å². The molecule has 5 aromatic carbocycles. The maximum atomic E-state index is 6.47. The molecule has 0 heterocycles. The Morgan fingerprint density at radius 3 is 1.31 bits per heavy atom. The van der Waals surface area contributed by atoms with E-state index in [0.717, 1.165) is 11.1 Å². The van der Waals surface area contributed by atoms with Crippen LogP contribution in [0.5, 0.6) is 0 Å².